The lowest BCUT2D eigenvalue weighted by molar-refractivity contribution is 0.102. The van der Waals surface area contributed by atoms with Crippen LogP contribution in [-0.4, -0.2) is 26.1 Å². The van der Waals surface area contributed by atoms with Gasteiger partial charge in [-0.05, 0) is 44.2 Å². The summed E-state index contributed by atoms with van der Waals surface area (Å²) in [7, 11) is 0. The maximum atomic E-state index is 14.2. The van der Waals surface area contributed by atoms with E-state index < -0.39 is 0 Å². The molecule has 0 aliphatic heterocycles. The summed E-state index contributed by atoms with van der Waals surface area (Å²) in [5, 5.41) is 0.715. The minimum atomic E-state index is -0.310. The molecule has 0 saturated carbocycles. The van der Waals surface area contributed by atoms with E-state index >= 15 is 0 Å². The minimum absolute atomic E-state index is 0.00357. The van der Waals surface area contributed by atoms with Crippen molar-refractivity contribution in [2.45, 2.75) is 19.0 Å². The van der Waals surface area contributed by atoms with Crippen molar-refractivity contribution in [2.24, 2.45) is 0 Å². The summed E-state index contributed by atoms with van der Waals surface area (Å²) in [5.74, 6) is -0.0485. The third-order valence-electron chi connectivity index (χ3n) is 4.53. The van der Waals surface area contributed by atoms with Gasteiger partial charge in [-0.1, -0.05) is 36.0 Å². The van der Waals surface area contributed by atoms with Crippen LogP contribution in [0, 0.1) is 19.7 Å². The number of ketones is 1. The molecule has 6 heteroatoms. The van der Waals surface area contributed by atoms with Crippen LogP contribution >= 0.6 is 11.8 Å². The van der Waals surface area contributed by atoms with Gasteiger partial charge in [0.15, 0.2) is 10.9 Å². The standard InChI is InChI=1S/C21H18FN3OS/c1-13-11-15(14(2)25(13)19-10-6-3-7-16(19)22)20(26)12-27-21-23-17-8-4-5-9-18(17)24-21/h3-11H,12H2,1-2H3,(H,23,24). The predicted octanol–water partition coefficient (Wildman–Crippen LogP) is 5.08. The van der Waals surface area contributed by atoms with Crippen LogP contribution in [0.4, 0.5) is 4.39 Å². The molecule has 4 aromatic rings. The summed E-state index contributed by atoms with van der Waals surface area (Å²) in [5.41, 5.74) is 4.47. The number of benzene rings is 2. The van der Waals surface area contributed by atoms with E-state index in [2.05, 4.69) is 9.97 Å². The molecule has 0 saturated heterocycles. The normalized spacial score (nSPS) is 11.2. The Morgan fingerprint density at radius 2 is 1.89 bits per heavy atom. The number of aromatic nitrogens is 3. The maximum Gasteiger partial charge on any atom is 0.175 e. The van der Waals surface area contributed by atoms with E-state index in [4.69, 9.17) is 0 Å². The van der Waals surface area contributed by atoms with Gasteiger partial charge in [0.05, 0.1) is 22.5 Å². The summed E-state index contributed by atoms with van der Waals surface area (Å²) in [6, 6.07) is 16.2. The Balaban J connectivity index is 1.57. The second-order valence-electron chi connectivity index (χ2n) is 6.34. The summed E-state index contributed by atoms with van der Waals surface area (Å²) in [6.07, 6.45) is 0. The fourth-order valence-corrected chi connectivity index (χ4v) is 4.03. The van der Waals surface area contributed by atoms with Gasteiger partial charge < -0.3 is 9.55 Å². The highest BCUT2D eigenvalue weighted by molar-refractivity contribution is 7.99. The molecule has 2 heterocycles. The molecular weight excluding hydrogens is 361 g/mol. The molecule has 0 spiro atoms. The second-order valence-corrected chi connectivity index (χ2v) is 7.31. The Hall–Kier alpha value is -2.86. The molecule has 2 aromatic heterocycles. The number of Topliss-reactive ketones (excluding diaryl/α,β-unsaturated/α-hetero) is 1. The molecular formula is C21H18FN3OS. The van der Waals surface area contributed by atoms with E-state index in [0.29, 0.717) is 16.4 Å². The fourth-order valence-electron chi connectivity index (χ4n) is 3.26. The number of H-pyrrole nitrogens is 1. The molecule has 2 aromatic carbocycles. The summed E-state index contributed by atoms with van der Waals surface area (Å²) in [4.78, 5) is 20.5. The molecule has 0 amide bonds. The van der Waals surface area contributed by atoms with E-state index in [1.54, 1.807) is 22.8 Å². The molecule has 4 rings (SSSR count). The molecule has 0 aliphatic rings. The lowest BCUT2D eigenvalue weighted by atomic mass is 10.2. The molecule has 0 fully saturated rings. The van der Waals surface area contributed by atoms with Crippen LogP contribution in [0.25, 0.3) is 16.7 Å². The molecule has 4 nitrogen and oxygen atoms in total. The van der Waals surface area contributed by atoms with Crippen LogP contribution in [0.1, 0.15) is 21.7 Å². The first-order valence-corrected chi connectivity index (χ1v) is 9.58. The summed E-state index contributed by atoms with van der Waals surface area (Å²) < 4.78 is 16.0. The lowest BCUT2D eigenvalue weighted by Crippen LogP contribution is -2.06. The number of nitrogens with zero attached hydrogens (tertiary/aromatic N) is 2. The third kappa shape index (κ3) is 3.28. The number of aryl methyl sites for hydroxylation is 1. The van der Waals surface area contributed by atoms with E-state index in [-0.39, 0.29) is 17.4 Å². The average molecular weight is 379 g/mol. The number of aromatic amines is 1. The topological polar surface area (TPSA) is 50.7 Å². The van der Waals surface area contributed by atoms with Crippen molar-refractivity contribution in [1.29, 1.82) is 0 Å². The van der Waals surface area contributed by atoms with Gasteiger partial charge in [0.1, 0.15) is 5.82 Å². The number of rotatable bonds is 5. The first-order chi connectivity index (χ1) is 13.0. The Labute approximate surface area is 160 Å². The van der Waals surface area contributed by atoms with E-state index in [9.17, 15) is 9.18 Å². The number of thioether (sulfide) groups is 1. The van der Waals surface area contributed by atoms with Crippen LogP contribution in [-0.2, 0) is 0 Å². The minimum Gasteiger partial charge on any atom is -0.333 e. The highest BCUT2D eigenvalue weighted by Crippen LogP contribution is 2.25. The Morgan fingerprint density at radius 3 is 2.67 bits per heavy atom. The zero-order valence-electron chi connectivity index (χ0n) is 15.0. The quantitative estimate of drug-likeness (QED) is 0.388. The first kappa shape index (κ1) is 17.5. The molecule has 27 heavy (non-hydrogen) atoms. The molecule has 1 N–H and O–H groups in total. The van der Waals surface area contributed by atoms with Crippen LogP contribution in [0.2, 0.25) is 0 Å². The monoisotopic (exact) mass is 379 g/mol. The number of hydrogen-bond acceptors (Lipinski definition) is 3. The van der Waals surface area contributed by atoms with Gasteiger partial charge in [-0.2, -0.15) is 0 Å². The molecule has 0 radical (unpaired) electrons. The Morgan fingerprint density at radius 1 is 1.15 bits per heavy atom. The van der Waals surface area contributed by atoms with Crippen molar-refractivity contribution in [3.63, 3.8) is 0 Å². The molecule has 0 atom stereocenters. The first-order valence-electron chi connectivity index (χ1n) is 8.59. The van der Waals surface area contributed by atoms with Crippen molar-refractivity contribution in [3.8, 4) is 5.69 Å². The SMILES string of the molecule is Cc1cc(C(=O)CSc2nc3ccccc3[nH]2)c(C)n1-c1ccccc1F. The van der Waals surface area contributed by atoms with Gasteiger partial charge >= 0.3 is 0 Å². The van der Waals surface area contributed by atoms with Gasteiger partial charge in [0.2, 0.25) is 0 Å². The number of imidazole rings is 1. The Kier molecular flexibility index (Phi) is 4.58. The summed E-state index contributed by atoms with van der Waals surface area (Å²) >= 11 is 1.37. The third-order valence-corrected chi connectivity index (χ3v) is 5.41. The van der Waals surface area contributed by atoms with Crippen LogP contribution in [0.3, 0.4) is 0 Å². The Bertz CT molecular complexity index is 1110. The number of fused-ring (bicyclic) bond motifs is 1. The predicted molar refractivity (Wildman–Crippen MR) is 106 cm³/mol. The van der Waals surface area contributed by atoms with Crippen molar-refractivity contribution in [1.82, 2.24) is 14.5 Å². The number of para-hydroxylation sites is 3. The number of halogens is 1. The molecule has 0 unspecified atom stereocenters. The fraction of sp³-hybridized carbons (Fsp3) is 0.143. The van der Waals surface area contributed by atoms with E-state index in [1.165, 1.54) is 17.8 Å². The maximum absolute atomic E-state index is 14.2. The zero-order chi connectivity index (χ0) is 19.0. The van der Waals surface area contributed by atoms with E-state index in [0.717, 1.165) is 22.4 Å². The number of nitrogens with one attached hydrogen (secondary N) is 1. The van der Waals surface area contributed by atoms with Crippen LogP contribution < -0.4 is 0 Å². The van der Waals surface area contributed by atoms with Crippen molar-refractivity contribution in [3.05, 3.63) is 77.4 Å². The largest absolute Gasteiger partial charge is 0.333 e. The second kappa shape index (κ2) is 7.04. The van der Waals surface area contributed by atoms with Gasteiger partial charge in [0, 0.05) is 17.0 Å². The van der Waals surface area contributed by atoms with E-state index in [1.807, 2.05) is 44.2 Å². The smallest absolute Gasteiger partial charge is 0.175 e. The number of carbonyl (C=O) groups excluding carboxylic acids is 1. The molecule has 136 valence electrons. The van der Waals surface area contributed by atoms with Crippen LogP contribution in [0.15, 0.2) is 59.8 Å². The van der Waals surface area contributed by atoms with Gasteiger partial charge in [-0.25, -0.2) is 9.37 Å². The van der Waals surface area contributed by atoms with Crippen LogP contribution in [0.5, 0.6) is 0 Å². The zero-order valence-corrected chi connectivity index (χ0v) is 15.8. The van der Waals surface area contributed by atoms with Gasteiger partial charge in [0.25, 0.3) is 0 Å². The lowest BCUT2D eigenvalue weighted by Gasteiger charge is -2.10. The van der Waals surface area contributed by atoms with Crippen molar-refractivity contribution < 1.29 is 9.18 Å². The number of hydrogen-bond donors (Lipinski definition) is 1. The molecule has 0 aliphatic carbocycles. The average Bonchev–Trinajstić information content (AvgIpc) is 3.21. The highest BCUT2D eigenvalue weighted by Gasteiger charge is 2.18. The molecule has 0 bridgehead atoms. The van der Waals surface area contributed by atoms with Crippen molar-refractivity contribution >= 4 is 28.6 Å². The van der Waals surface area contributed by atoms with Crippen molar-refractivity contribution in [2.75, 3.05) is 5.75 Å². The number of carbonyl (C=O) groups is 1. The summed E-state index contributed by atoms with van der Waals surface area (Å²) in [6.45, 7) is 3.72. The van der Waals surface area contributed by atoms with Gasteiger partial charge in [-0.15, -0.1) is 0 Å². The van der Waals surface area contributed by atoms with Gasteiger partial charge in [-0.3, -0.25) is 4.79 Å². The highest BCUT2D eigenvalue weighted by atomic mass is 32.2.